The Morgan fingerprint density at radius 3 is 2.64 bits per heavy atom. The first-order chi connectivity index (χ1) is 6.58. The first-order valence-electron chi connectivity index (χ1n) is 4.84. The van der Waals surface area contributed by atoms with Crippen molar-refractivity contribution in [2.24, 2.45) is 5.92 Å². The zero-order valence-corrected chi connectivity index (χ0v) is 8.39. The van der Waals surface area contributed by atoms with Gasteiger partial charge in [-0.15, -0.1) is 0 Å². The summed E-state index contributed by atoms with van der Waals surface area (Å²) in [7, 11) is 0. The number of hydrogen-bond acceptors (Lipinski definition) is 2. The van der Waals surface area contributed by atoms with Crippen LogP contribution in [0.4, 0.5) is 0 Å². The van der Waals surface area contributed by atoms with Crippen LogP contribution >= 0.6 is 0 Å². The highest BCUT2D eigenvalue weighted by Gasteiger charge is 2.28. The van der Waals surface area contributed by atoms with Crippen LogP contribution in [-0.2, 0) is 9.59 Å². The highest BCUT2D eigenvalue weighted by Crippen LogP contribution is 2.33. The van der Waals surface area contributed by atoms with E-state index >= 15 is 0 Å². The third-order valence-corrected chi connectivity index (χ3v) is 2.74. The average molecular weight is 191 g/mol. The molecule has 0 atom stereocenters. The number of imide groups is 1. The van der Waals surface area contributed by atoms with E-state index in [-0.39, 0.29) is 11.8 Å². The minimum Gasteiger partial charge on any atom is -0.292 e. The highest BCUT2D eigenvalue weighted by molar-refractivity contribution is 6.10. The third-order valence-electron chi connectivity index (χ3n) is 2.74. The number of carbonyl (C=O) groups excluding carboxylic acids is 2. The second-order valence-corrected chi connectivity index (χ2v) is 4.12. The fourth-order valence-electron chi connectivity index (χ4n) is 1.87. The summed E-state index contributed by atoms with van der Waals surface area (Å²) in [4.78, 5) is 22.5. The van der Waals surface area contributed by atoms with E-state index in [9.17, 15) is 9.59 Å². The third kappa shape index (κ3) is 1.39. The van der Waals surface area contributed by atoms with Gasteiger partial charge in [-0.2, -0.15) is 0 Å². The van der Waals surface area contributed by atoms with Gasteiger partial charge in [0.2, 0.25) is 5.91 Å². The molecule has 3 heteroatoms. The second kappa shape index (κ2) is 3.08. The van der Waals surface area contributed by atoms with Crippen LogP contribution in [0.2, 0.25) is 0 Å². The van der Waals surface area contributed by atoms with E-state index in [1.165, 1.54) is 5.57 Å². The first-order valence-corrected chi connectivity index (χ1v) is 4.84. The van der Waals surface area contributed by atoms with Gasteiger partial charge in [0.1, 0.15) is 0 Å². The molecule has 0 aromatic rings. The van der Waals surface area contributed by atoms with Crippen molar-refractivity contribution >= 4 is 11.8 Å². The maximum absolute atomic E-state index is 11.4. The molecule has 1 aliphatic carbocycles. The van der Waals surface area contributed by atoms with Gasteiger partial charge in [0.05, 0.1) is 0 Å². The van der Waals surface area contributed by atoms with Gasteiger partial charge in [-0.1, -0.05) is 19.4 Å². The molecule has 2 amide bonds. The van der Waals surface area contributed by atoms with Crippen LogP contribution in [0, 0.1) is 5.92 Å². The number of hydrogen-bond donors (Lipinski definition) is 1. The molecule has 0 fully saturated rings. The maximum Gasteiger partial charge on any atom is 0.257 e. The van der Waals surface area contributed by atoms with E-state index < -0.39 is 0 Å². The summed E-state index contributed by atoms with van der Waals surface area (Å²) in [5.41, 5.74) is 2.95. The normalized spacial score (nSPS) is 21.2. The molecule has 1 heterocycles. The Morgan fingerprint density at radius 1 is 1.29 bits per heavy atom. The molecular weight excluding hydrogens is 178 g/mol. The molecule has 0 saturated heterocycles. The van der Waals surface area contributed by atoms with Gasteiger partial charge in [0.25, 0.3) is 5.91 Å². The van der Waals surface area contributed by atoms with Crippen LogP contribution in [0.15, 0.2) is 22.8 Å². The molecule has 0 aromatic carbocycles. The van der Waals surface area contributed by atoms with Gasteiger partial charge in [-0.3, -0.25) is 14.9 Å². The lowest BCUT2D eigenvalue weighted by Gasteiger charge is -2.13. The molecule has 0 aromatic heterocycles. The molecule has 14 heavy (non-hydrogen) atoms. The van der Waals surface area contributed by atoms with Gasteiger partial charge in [-0.25, -0.2) is 0 Å². The molecule has 0 radical (unpaired) electrons. The lowest BCUT2D eigenvalue weighted by Crippen LogP contribution is -2.35. The predicted octanol–water partition coefficient (Wildman–Crippen LogP) is 1.32. The van der Waals surface area contributed by atoms with Crippen LogP contribution in [0.3, 0.4) is 0 Å². The van der Waals surface area contributed by atoms with E-state index in [1.807, 2.05) is 6.08 Å². The van der Waals surface area contributed by atoms with Gasteiger partial charge in [-0.05, 0) is 24.0 Å². The zero-order valence-electron chi connectivity index (χ0n) is 8.39. The molecule has 0 unspecified atom stereocenters. The SMILES string of the molecule is CC(C)C1=CC2=C(CC(=O)NC2=O)C1. The van der Waals surface area contributed by atoms with E-state index in [1.54, 1.807) is 0 Å². The number of allylic oxidation sites excluding steroid dienone is 1. The summed E-state index contributed by atoms with van der Waals surface area (Å²) in [6, 6.07) is 0. The van der Waals surface area contributed by atoms with Crippen LogP contribution in [-0.4, -0.2) is 11.8 Å². The Hall–Kier alpha value is -1.38. The minimum absolute atomic E-state index is 0.174. The van der Waals surface area contributed by atoms with Gasteiger partial charge >= 0.3 is 0 Å². The molecule has 0 saturated carbocycles. The predicted molar refractivity (Wildman–Crippen MR) is 52.3 cm³/mol. The number of nitrogens with one attached hydrogen (secondary N) is 1. The van der Waals surface area contributed by atoms with Crippen LogP contribution in [0.25, 0.3) is 0 Å². The summed E-state index contributed by atoms with van der Waals surface area (Å²) in [5.74, 6) is 0.0440. The summed E-state index contributed by atoms with van der Waals surface area (Å²) < 4.78 is 0. The summed E-state index contributed by atoms with van der Waals surface area (Å²) in [5, 5.41) is 2.33. The number of rotatable bonds is 1. The van der Waals surface area contributed by atoms with Crippen molar-refractivity contribution in [1.82, 2.24) is 5.32 Å². The molecular formula is C11H13NO2. The highest BCUT2D eigenvalue weighted by atomic mass is 16.2. The molecule has 2 rings (SSSR count). The fourth-order valence-corrected chi connectivity index (χ4v) is 1.87. The zero-order chi connectivity index (χ0) is 10.3. The Balaban J connectivity index is 2.28. The Kier molecular flexibility index (Phi) is 2.02. The van der Waals surface area contributed by atoms with Crippen LogP contribution in [0.5, 0.6) is 0 Å². The smallest absolute Gasteiger partial charge is 0.257 e. The topological polar surface area (TPSA) is 46.2 Å². The van der Waals surface area contributed by atoms with Crippen molar-refractivity contribution in [3.63, 3.8) is 0 Å². The van der Waals surface area contributed by atoms with E-state index in [4.69, 9.17) is 0 Å². The summed E-state index contributed by atoms with van der Waals surface area (Å²) in [6.45, 7) is 4.20. The molecule has 2 aliphatic rings. The Morgan fingerprint density at radius 2 is 2.00 bits per heavy atom. The van der Waals surface area contributed by atoms with E-state index in [0.29, 0.717) is 17.9 Å². The lowest BCUT2D eigenvalue weighted by molar-refractivity contribution is -0.128. The van der Waals surface area contributed by atoms with E-state index in [2.05, 4.69) is 19.2 Å². The van der Waals surface area contributed by atoms with Crippen LogP contribution < -0.4 is 5.32 Å². The van der Waals surface area contributed by atoms with Gasteiger partial charge in [0.15, 0.2) is 0 Å². The van der Waals surface area contributed by atoms with Crippen molar-refractivity contribution in [3.05, 3.63) is 22.8 Å². The fraction of sp³-hybridized carbons (Fsp3) is 0.455. The lowest BCUT2D eigenvalue weighted by atomic mass is 9.98. The van der Waals surface area contributed by atoms with E-state index in [0.717, 1.165) is 12.0 Å². The van der Waals surface area contributed by atoms with Gasteiger partial charge in [0, 0.05) is 12.0 Å². The average Bonchev–Trinajstić information content (AvgIpc) is 2.47. The largest absolute Gasteiger partial charge is 0.292 e. The molecule has 3 nitrogen and oxygen atoms in total. The second-order valence-electron chi connectivity index (χ2n) is 4.12. The van der Waals surface area contributed by atoms with Crippen LogP contribution in [0.1, 0.15) is 26.7 Å². The first kappa shape index (κ1) is 9.19. The standard InChI is InChI=1S/C11H13NO2/c1-6(2)7-3-8-5-10(13)12-11(14)9(8)4-7/h4,6H,3,5H2,1-2H3,(H,12,13,14). The minimum atomic E-state index is -0.230. The van der Waals surface area contributed by atoms with Crippen molar-refractivity contribution < 1.29 is 9.59 Å². The maximum atomic E-state index is 11.4. The van der Waals surface area contributed by atoms with Crippen molar-refractivity contribution in [2.45, 2.75) is 26.7 Å². The van der Waals surface area contributed by atoms with Gasteiger partial charge < -0.3 is 0 Å². The summed E-state index contributed by atoms with van der Waals surface area (Å²) in [6.07, 6.45) is 3.11. The molecule has 1 N–H and O–H groups in total. The number of carbonyl (C=O) groups is 2. The van der Waals surface area contributed by atoms with Crippen molar-refractivity contribution in [1.29, 1.82) is 0 Å². The van der Waals surface area contributed by atoms with Crippen molar-refractivity contribution in [2.75, 3.05) is 0 Å². The quantitative estimate of drug-likeness (QED) is 0.635. The Labute approximate surface area is 82.9 Å². The van der Waals surface area contributed by atoms with Crippen molar-refractivity contribution in [3.8, 4) is 0 Å². The Bertz CT molecular complexity index is 375. The molecule has 1 aliphatic heterocycles. The number of amides is 2. The molecule has 0 spiro atoms. The summed E-state index contributed by atoms with van der Waals surface area (Å²) >= 11 is 0. The molecule has 74 valence electrons. The monoisotopic (exact) mass is 191 g/mol. The molecule has 0 bridgehead atoms.